The lowest BCUT2D eigenvalue weighted by molar-refractivity contribution is -0.113. The Morgan fingerprint density at radius 3 is 2.71 bits per heavy atom. The van der Waals surface area contributed by atoms with Crippen molar-refractivity contribution < 1.29 is 9.53 Å². The first-order chi connectivity index (χ1) is 16.5. The number of hydrogen-bond acceptors (Lipinski definition) is 6. The highest BCUT2D eigenvalue weighted by Gasteiger charge is 2.21. The van der Waals surface area contributed by atoms with Crippen LogP contribution in [0.15, 0.2) is 47.6 Å². The van der Waals surface area contributed by atoms with E-state index in [-0.39, 0.29) is 17.8 Å². The Balaban J connectivity index is 1.41. The Hall–Kier alpha value is -2.84. The first-order valence-electron chi connectivity index (χ1n) is 11.9. The molecule has 2 aromatic carbocycles. The number of thioether (sulfide) groups is 1. The zero-order valence-corrected chi connectivity index (χ0v) is 21.0. The normalized spacial score (nSPS) is 15.4. The summed E-state index contributed by atoms with van der Waals surface area (Å²) in [5.74, 6) is 1.05. The van der Waals surface area contributed by atoms with Gasteiger partial charge >= 0.3 is 0 Å². The van der Waals surface area contributed by atoms with Crippen LogP contribution in [0, 0.1) is 13.8 Å². The number of ether oxygens (including phenoxy) is 1. The van der Waals surface area contributed by atoms with E-state index in [1.807, 2.05) is 24.3 Å². The zero-order chi connectivity index (χ0) is 23.9. The highest BCUT2D eigenvalue weighted by molar-refractivity contribution is 7.99. The summed E-state index contributed by atoms with van der Waals surface area (Å²) < 4.78 is 7.97. The molecule has 4 rings (SSSR count). The Bertz CT molecular complexity index is 1110. The standard InChI is InChI=1S/C26H33N5O2S/c1-4-20-8-10-21(11-9-20)28-25(32)17-34-26-30-29-24(31(26)16-22-6-5-13-33-22)15-27-23-12-7-18(2)14-19(23)3/h7-12,14,22,27H,4-6,13,15-17H2,1-3H3,(H,28,32)/t22-/m0/s1. The van der Waals surface area contributed by atoms with Gasteiger partial charge in [-0.2, -0.15) is 0 Å². The second kappa shape index (κ2) is 11.5. The predicted octanol–water partition coefficient (Wildman–Crippen LogP) is 4.98. The van der Waals surface area contributed by atoms with E-state index in [9.17, 15) is 4.79 Å². The van der Waals surface area contributed by atoms with Crippen LogP contribution in [0.3, 0.4) is 0 Å². The molecule has 0 unspecified atom stereocenters. The van der Waals surface area contributed by atoms with Crippen LogP contribution in [0.4, 0.5) is 11.4 Å². The van der Waals surface area contributed by atoms with Crippen molar-refractivity contribution in [1.82, 2.24) is 14.8 Å². The summed E-state index contributed by atoms with van der Waals surface area (Å²) >= 11 is 1.41. The number of hydrogen-bond donors (Lipinski definition) is 2. The number of aromatic nitrogens is 3. The number of nitrogens with one attached hydrogen (secondary N) is 2. The van der Waals surface area contributed by atoms with Crippen molar-refractivity contribution in [3.63, 3.8) is 0 Å². The average Bonchev–Trinajstić information content (AvgIpc) is 3.48. The van der Waals surface area contributed by atoms with Gasteiger partial charge in [-0.1, -0.05) is 48.5 Å². The van der Waals surface area contributed by atoms with Crippen molar-refractivity contribution >= 4 is 29.0 Å². The molecule has 34 heavy (non-hydrogen) atoms. The van der Waals surface area contributed by atoms with Crippen LogP contribution < -0.4 is 10.6 Å². The van der Waals surface area contributed by atoms with Crippen LogP contribution >= 0.6 is 11.8 Å². The van der Waals surface area contributed by atoms with E-state index in [0.29, 0.717) is 13.1 Å². The number of amides is 1. The van der Waals surface area contributed by atoms with Crippen molar-refractivity contribution in [2.45, 2.75) is 64.4 Å². The maximum atomic E-state index is 12.6. The molecule has 1 saturated heterocycles. The molecule has 1 atom stereocenters. The predicted molar refractivity (Wildman–Crippen MR) is 137 cm³/mol. The first-order valence-corrected chi connectivity index (χ1v) is 12.9. The minimum atomic E-state index is -0.0594. The third-order valence-corrected chi connectivity index (χ3v) is 6.97. The summed E-state index contributed by atoms with van der Waals surface area (Å²) in [5.41, 5.74) is 5.57. The summed E-state index contributed by atoms with van der Waals surface area (Å²) in [6, 6.07) is 14.3. The van der Waals surface area contributed by atoms with Crippen molar-refractivity contribution in [2.75, 3.05) is 23.0 Å². The molecule has 1 fully saturated rings. The van der Waals surface area contributed by atoms with Crippen molar-refractivity contribution in [3.8, 4) is 0 Å². The summed E-state index contributed by atoms with van der Waals surface area (Å²) in [6.45, 7) is 8.35. The number of benzene rings is 2. The van der Waals surface area contributed by atoms with Crippen LogP contribution in [0.5, 0.6) is 0 Å². The van der Waals surface area contributed by atoms with E-state index in [1.165, 1.54) is 28.5 Å². The molecule has 0 saturated carbocycles. The molecular weight excluding hydrogens is 446 g/mol. The number of aryl methyl sites for hydroxylation is 3. The van der Waals surface area contributed by atoms with Crippen LogP contribution in [0.25, 0.3) is 0 Å². The van der Waals surface area contributed by atoms with Gasteiger partial charge in [0, 0.05) is 18.0 Å². The Morgan fingerprint density at radius 2 is 2.00 bits per heavy atom. The second-order valence-corrected chi connectivity index (χ2v) is 9.65. The lowest BCUT2D eigenvalue weighted by Crippen LogP contribution is -2.20. The van der Waals surface area contributed by atoms with E-state index in [4.69, 9.17) is 4.74 Å². The number of nitrogens with zero attached hydrogens (tertiary/aromatic N) is 3. The van der Waals surface area contributed by atoms with Gasteiger partial charge < -0.3 is 19.9 Å². The Morgan fingerprint density at radius 1 is 1.18 bits per heavy atom. The Labute approximate surface area is 205 Å². The third-order valence-electron chi connectivity index (χ3n) is 6.00. The molecule has 2 N–H and O–H groups in total. The minimum Gasteiger partial charge on any atom is -0.378 e. The molecule has 7 nitrogen and oxygen atoms in total. The molecule has 0 radical (unpaired) electrons. The van der Waals surface area contributed by atoms with Crippen molar-refractivity contribution in [3.05, 3.63) is 65.0 Å². The number of carbonyl (C=O) groups is 1. The van der Waals surface area contributed by atoms with Gasteiger partial charge in [-0.3, -0.25) is 4.79 Å². The summed E-state index contributed by atoms with van der Waals surface area (Å²) in [6.07, 6.45) is 3.23. The van der Waals surface area contributed by atoms with Gasteiger partial charge in [-0.05, 0) is 62.4 Å². The molecule has 1 aliphatic rings. The van der Waals surface area contributed by atoms with E-state index < -0.39 is 0 Å². The Kier molecular flexibility index (Phi) is 8.24. The molecule has 180 valence electrons. The molecule has 0 aliphatic carbocycles. The smallest absolute Gasteiger partial charge is 0.234 e. The molecule has 3 aromatic rings. The van der Waals surface area contributed by atoms with Crippen LogP contribution in [-0.2, 0) is 29.0 Å². The fourth-order valence-electron chi connectivity index (χ4n) is 4.07. The van der Waals surface area contributed by atoms with E-state index in [0.717, 1.165) is 48.2 Å². The fourth-order valence-corrected chi connectivity index (χ4v) is 4.84. The summed E-state index contributed by atoms with van der Waals surface area (Å²) in [7, 11) is 0. The lowest BCUT2D eigenvalue weighted by Gasteiger charge is -2.16. The zero-order valence-electron chi connectivity index (χ0n) is 20.1. The first kappa shape index (κ1) is 24.3. The lowest BCUT2D eigenvalue weighted by atomic mass is 10.1. The molecule has 1 amide bonds. The van der Waals surface area contributed by atoms with Gasteiger partial charge in [0.05, 0.1) is 24.9 Å². The van der Waals surface area contributed by atoms with Gasteiger partial charge in [-0.25, -0.2) is 0 Å². The van der Waals surface area contributed by atoms with E-state index >= 15 is 0 Å². The van der Waals surface area contributed by atoms with Crippen LogP contribution in [0.1, 0.15) is 42.3 Å². The van der Waals surface area contributed by atoms with Gasteiger partial charge in [0.2, 0.25) is 5.91 Å². The molecule has 2 heterocycles. The number of rotatable bonds is 10. The quantitative estimate of drug-likeness (QED) is 0.399. The number of carbonyl (C=O) groups excluding carboxylic acids is 1. The van der Waals surface area contributed by atoms with Crippen molar-refractivity contribution in [2.24, 2.45) is 0 Å². The monoisotopic (exact) mass is 479 g/mol. The van der Waals surface area contributed by atoms with E-state index in [2.05, 4.69) is 64.4 Å². The third kappa shape index (κ3) is 6.39. The topological polar surface area (TPSA) is 81.1 Å². The largest absolute Gasteiger partial charge is 0.378 e. The molecule has 0 spiro atoms. The minimum absolute atomic E-state index is 0.0594. The SMILES string of the molecule is CCc1ccc(NC(=O)CSc2nnc(CNc3ccc(C)cc3C)n2C[C@@H]2CCCO2)cc1. The highest BCUT2D eigenvalue weighted by Crippen LogP contribution is 2.23. The van der Waals surface area contributed by atoms with Crippen LogP contribution in [-0.4, -0.2) is 39.1 Å². The molecule has 0 bridgehead atoms. The molecule has 1 aromatic heterocycles. The molecular formula is C26H33N5O2S. The summed E-state index contributed by atoms with van der Waals surface area (Å²) in [4.78, 5) is 12.6. The van der Waals surface area contributed by atoms with Gasteiger partial charge in [0.1, 0.15) is 0 Å². The molecule has 1 aliphatic heterocycles. The summed E-state index contributed by atoms with van der Waals surface area (Å²) in [5, 5.41) is 16.0. The maximum Gasteiger partial charge on any atom is 0.234 e. The van der Waals surface area contributed by atoms with Gasteiger partial charge in [0.25, 0.3) is 0 Å². The van der Waals surface area contributed by atoms with Gasteiger partial charge in [-0.15, -0.1) is 10.2 Å². The van der Waals surface area contributed by atoms with E-state index in [1.54, 1.807) is 0 Å². The second-order valence-electron chi connectivity index (χ2n) is 8.70. The molecule has 8 heteroatoms. The number of anilines is 2. The van der Waals surface area contributed by atoms with Crippen LogP contribution in [0.2, 0.25) is 0 Å². The maximum absolute atomic E-state index is 12.6. The van der Waals surface area contributed by atoms with Crippen molar-refractivity contribution in [1.29, 1.82) is 0 Å². The average molecular weight is 480 g/mol. The highest BCUT2D eigenvalue weighted by atomic mass is 32.2. The van der Waals surface area contributed by atoms with Gasteiger partial charge in [0.15, 0.2) is 11.0 Å². The fraction of sp³-hybridized carbons (Fsp3) is 0.423.